The van der Waals surface area contributed by atoms with E-state index in [1.165, 1.54) is 0 Å². The number of nitrogens with one attached hydrogen (secondary N) is 2. The molecule has 2 aromatic rings. The number of H-pyrrole nitrogens is 1. The van der Waals surface area contributed by atoms with Crippen molar-refractivity contribution in [1.82, 2.24) is 14.7 Å². The van der Waals surface area contributed by atoms with Gasteiger partial charge in [0, 0.05) is 6.04 Å². The number of hydrogen-bond donors (Lipinski definition) is 2. The van der Waals surface area contributed by atoms with E-state index in [2.05, 4.69) is 14.7 Å². The second kappa shape index (κ2) is 4.12. The molecule has 92 valence electrons. The van der Waals surface area contributed by atoms with Crippen LogP contribution in [0, 0.1) is 6.92 Å². The highest BCUT2D eigenvalue weighted by Gasteiger charge is 2.16. The van der Waals surface area contributed by atoms with Gasteiger partial charge in [-0.15, -0.1) is 0 Å². The molecule has 0 fully saturated rings. The Balaban J connectivity index is 2.49. The molecular formula is C11H15N3O2S. The molecule has 0 aliphatic rings. The third kappa shape index (κ3) is 2.48. The number of sulfonamides is 1. The van der Waals surface area contributed by atoms with Crippen LogP contribution in [-0.4, -0.2) is 24.4 Å². The zero-order chi connectivity index (χ0) is 12.6. The van der Waals surface area contributed by atoms with E-state index in [0.717, 1.165) is 16.9 Å². The quantitative estimate of drug-likeness (QED) is 0.871. The molecule has 2 N–H and O–H groups in total. The van der Waals surface area contributed by atoms with Crippen LogP contribution < -0.4 is 4.72 Å². The molecule has 1 aromatic carbocycles. The van der Waals surface area contributed by atoms with Crippen molar-refractivity contribution < 1.29 is 8.42 Å². The van der Waals surface area contributed by atoms with E-state index >= 15 is 0 Å². The van der Waals surface area contributed by atoms with E-state index in [1.54, 1.807) is 32.0 Å². The predicted molar refractivity (Wildman–Crippen MR) is 66.3 cm³/mol. The van der Waals surface area contributed by atoms with E-state index in [9.17, 15) is 8.42 Å². The molecule has 0 unspecified atom stereocenters. The molecule has 0 amide bonds. The number of fused-ring (bicyclic) bond motifs is 1. The Morgan fingerprint density at radius 1 is 1.35 bits per heavy atom. The van der Waals surface area contributed by atoms with Gasteiger partial charge in [-0.25, -0.2) is 18.1 Å². The zero-order valence-electron chi connectivity index (χ0n) is 9.98. The molecule has 0 aliphatic carbocycles. The minimum absolute atomic E-state index is 0.126. The number of nitrogens with zero attached hydrogens (tertiary/aromatic N) is 1. The standard InChI is InChI=1S/C11H15N3O2S/c1-7(2)14-17(15,16)9-4-5-10-11(6-9)13-8(3)12-10/h4-7,14H,1-3H3,(H,12,13). The van der Waals surface area contributed by atoms with Gasteiger partial charge in [-0.1, -0.05) is 0 Å². The van der Waals surface area contributed by atoms with Gasteiger partial charge in [0.2, 0.25) is 10.0 Å². The molecule has 2 rings (SSSR count). The molecule has 1 aromatic heterocycles. The maximum atomic E-state index is 11.9. The summed E-state index contributed by atoms with van der Waals surface area (Å²) in [6, 6.07) is 4.74. The summed E-state index contributed by atoms with van der Waals surface area (Å²) >= 11 is 0. The van der Waals surface area contributed by atoms with Crippen LogP contribution in [0.5, 0.6) is 0 Å². The van der Waals surface area contributed by atoms with Crippen molar-refractivity contribution in [2.24, 2.45) is 0 Å². The molecule has 5 nitrogen and oxygen atoms in total. The lowest BCUT2D eigenvalue weighted by atomic mass is 10.3. The summed E-state index contributed by atoms with van der Waals surface area (Å²) in [5.74, 6) is 0.770. The van der Waals surface area contributed by atoms with Crippen molar-refractivity contribution >= 4 is 21.1 Å². The fourth-order valence-corrected chi connectivity index (χ4v) is 2.94. The highest BCUT2D eigenvalue weighted by molar-refractivity contribution is 7.89. The Morgan fingerprint density at radius 2 is 2.06 bits per heavy atom. The first-order chi connectivity index (χ1) is 7.88. The Hall–Kier alpha value is -1.40. The first-order valence-electron chi connectivity index (χ1n) is 5.37. The van der Waals surface area contributed by atoms with Gasteiger partial charge in [0.05, 0.1) is 15.9 Å². The van der Waals surface area contributed by atoms with Gasteiger partial charge < -0.3 is 4.98 Å². The average Bonchev–Trinajstić information content (AvgIpc) is 2.54. The van der Waals surface area contributed by atoms with Gasteiger partial charge in [0.15, 0.2) is 0 Å². The largest absolute Gasteiger partial charge is 0.342 e. The number of hydrogen-bond acceptors (Lipinski definition) is 3. The lowest BCUT2D eigenvalue weighted by Crippen LogP contribution is -2.30. The number of rotatable bonds is 3. The lowest BCUT2D eigenvalue weighted by molar-refractivity contribution is 0.570. The molecule has 6 heteroatoms. The summed E-state index contributed by atoms with van der Waals surface area (Å²) < 4.78 is 26.4. The van der Waals surface area contributed by atoms with Crippen LogP contribution in [0.1, 0.15) is 19.7 Å². The minimum atomic E-state index is -3.44. The number of imidazole rings is 1. The van der Waals surface area contributed by atoms with Crippen LogP contribution in [0.3, 0.4) is 0 Å². The Kier molecular flexibility index (Phi) is 2.92. The van der Waals surface area contributed by atoms with Crippen LogP contribution in [0.25, 0.3) is 11.0 Å². The van der Waals surface area contributed by atoms with Gasteiger partial charge >= 0.3 is 0 Å². The van der Waals surface area contributed by atoms with E-state index in [1.807, 2.05) is 6.92 Å². The number of aryl methyl sites for hydroxylation is 1. The van der Waals surface area contributed by atoms with Crippen molar-refractivity contribution in [1.29, 1.82) is 0 Å². The number of benzene rings is 1. The van der Waals surface area contributed by atoms with Gasteiger partial charge in [-0.2, -0.15) is 0 Å². The van der Waals surface area contributed by atoms with E-state index in [4.69, 9.17) is 0 Å². The molecular weight excluding hydrogens is 238 g/mol. The molecule has 0 saturated heterocycles. The molecule has 0 aliphatic heterocycles. The van der Waals surface area contributed by atoms with Crippen LogP contribution in [0.15, 0.2) is 23.1 Å². The normalized spacial score (nSPS) is 12.5. The van der Waals surface area contributed by atoms with Crippen LogP contribution in [0.4, 0.5) is 0 Å². The first-order valence-corrected chi connectivity index (χ1v) is 6.85. The second-order valence-electron chi connectivity index (χ2n) is 4.28. The van der Waals surface area contributed by atoms with Gasteiger partial charge in [-0.3, -0.25) is 0 Å². The topological polar surface area (TPSA) is 74.8 Å². The molecule has 0 spiro atoms. The van der Waals surface area contributed by atoms with E-state index in [0.29, 0.717) is 0 Å². The van der Waals surface area contributed by atoms with Crippen molar-refractivity contribution in [3.63, 3.8) is 0 Å². The summed E-state index contributed by atoms with van der Waals surface area (Å²) in [5, 5.41) is 0. The van der Waals surface area contributed by atoms with E-state index < -0.39 is 10.0 Å². The molecule has 0 saturated carbocycles. The smallest absolute Gasteiger partial charge is 0.240 e. The third-order valence-electron chi connectivity index (χ3n) is 2.27. The van der Waals surface area contributed by atoms with Crippen LogP contribution >= 0.6 is 0 Å². The summed E-state index contributed by atoms with van der Waals surface area (Å²) in [7, 11) is -3.44. The van der Waals surface area contributed by atoms with Gasteiger partial charge in [0.1, 0.15) is 5.82 Å². The fraction of sp³-hybridized carbons (Fsp3) is 0.364. The highest BCUT2D eigenvalue weighted by Crippen LogP contribution is 2.17. The predicted octanol–water partition coefficient (Wildman–Crippen LogP) is 1.56. The Bertz CT molecular complexity index is 644. The van der Waals surface area contributed by atoms with Crippen LogP contribution in [0.2, 0.25) is 0 Å². The monoisotopic (exact) mass is 253 g/mol. The summed E-state index contributed by atoms with van der Waals surface area (Å²) in [4.78, 5) is 7.50. The summed E-state index contributed by atoms with van der Waals surface area (Å²) in [6.45, 7) is 5.41. The van der Waals surface area contributed by atoms with Crippen molar-refractivity contribution in [3.8, 4) is 0 Å². The Labute approximate surface area is 100 Å². The second-order valence-corrected chi connectivity index (χ2v) is 5.99. The first kappa shape index (κ1) is 12.1. The Morgan fingerprint density at radius 3 is 2.71 bits per heavy atom. The van der Waals surface area contributed by atoms with Crippen LogP contribution in [-0.2, 0) is 10.0 Å². The maximum absolute atomic E-state index is 11.9. The van der Waals surface area contributed by atoms with E-state index in [-0.39, 0.29) is 10.9 Å². The highest BCUT2D eigenvalue weighted by atomic mass is 32.2. The average molecular weight is 253 g/mol. The van der Waals surface area contributed by atoms with Crippen molar-refractivity contribution in [2.45, 2.75) is 31.7 Å². The molecule has 0 atom stereocenters. The van der Waals surface area contributed by atoms with Crippen molar-refractivity contribution in [2.75, 3.05) is 0 Å². The molecule has 17 heavy (non-hydrogen) atoms. The maximum Gasteiger partial charge on any atom is 0.240 e. The summed E-state index contributed by atoms with van der Waals surface area (Å²) in [5.41, 5.74) is 1.50. The summed E-state index contributed by atoms with van der Waals surface area (Å²) in [6.07, 6.45) is 0. The fourth-order valence-electron chi connectivity index (χ4n) is 1.66. The zero-order valence-corrected chi connectivity index (χ0v) is 10.8. The minimum Gasteiger partial charge on any atom is -0.342 e. The van der Waals surface area contributed by atoms with Gasteiger partial charge in [0.25, 0.3) is 0 Å². The van der Waals surface area contributed by atoms with Gasteiger partial charge in [-0.05, 0) is 39.0 Å². The lowest BCUT2D eigenvalue weighted by Gasteiger charge is -2.09. The molecule has 1 heterocycles. The number of aromatic amines is 1. The SMILES string of the molecule is Cc1nc2ccc(S(=O)(=O)NC(C)C)cc2[nH]1. The molecule has 0 bridgehead atoms. The molecule has 0 radical (unpaired) electrons. The van der Waals surface area contributed by atoms with Crippen molar-refractivity contribution in [3.05, 3.63) is 24.0 Å². The third-order valence-corrected chi connectivity index (χ3v) is 3.93. The number of aromatic nitrogens is 2.